The van der Waals surface area contributed by atoms with E-state index in [1.165, 1.54) is 22.7 Å². The first-order chi connectivity index (χ1) is 14.3. The Hall–Kier alpha value is -2.48. The Morgan fingerprint density at radius 1 is 1.13 bits per heavy atom. The van der Waals surface area contributed by atoms with E-state index < -0.39 is 11.7 Å². The second kappa shape index (κ2) is 8.34. The molecule has 2 aliphatic rings. The predicted octanol–water partition coefficient (Wildman–Crippen LogP) is 2.11. The molecule has 1 aromatic carbocycles. The third-order valence-corrected chi connectivity index (χ3v) is 6.37. The molecule has 2 fully saturated rings. The number of nitrogens with one attached hydrogen (secondary N) is 1. The van der Waals surface area contributed by atoms with Gasteiger partial charge in [-0.3, -0.25) is 4.79 Å². The van der Waals surface area contributed by atoms with Crippen molar-refractivity contribution in [2.24, 2.45) is 7.05 Å². The van der Waals surface area contributed by atoms with Gasteiger partial charge in [0.2, 0.25) is 0 Å². The minimum absolute atomic E-state index is 0.134. The number of hydrogen-bond donors (Lipinski definition) is 1. The molecule has 0 spiro atoms. The Balaban J connectivity index is 1.34. The highest BCUT2D eigenvalue weighted by Gasteiger charge is 2.35. The van der Waals surface area contributed by atoms with Crippen LogP contribution in [0.4, 0.5) is 18.9 Å². The third-order valence-electron chi connectivity index (χ3n) is 6.37. The maximum absolute atomic E-state index is 13.0. The number of carbonyl (C=O) groups excluding carboxylic acids is 1. The highest BCUT2D eigenvalue weighted by molar-refractivity contribution is 5.77. The van der Waals surface area contributed by atoms with Gasteiger partial charge < -0.3 is 19.3 Å². The van der Waals surface area contributed by atoms with Crippen molar-refractivity contribution < 1.29 is 22.9 Å². The number of alkyl halides is 3. The second-order valence-corrected chi connectivity index (χ2v) is 8.24. The van der Waals surface area contributed by atoms with Crippen LogP contribution in [0.2, 0.25) is 0 Å². The molecule has 1 amide bonds. The molecule has 3 heterocycles. The molecule has 0 aliphatic carbocycles. The summed E-state index contributed by atoms with van der Waals surface area (Å²) < 4.78 is 41.1. The lowest BCUT2D eigenvalue weighted by atomic mass is 10.1. The van der Waals surface area contributed by atoms with Crippen LogP contribution in [-0.4, -0.2) is 54.6 Å². The van der Waals surface area contributed by atoms with Crippen molar-refractivity contribution >= 4 is 11.6 Å². The number of halogens is 3. The molecule has 5 nitrogen and oxygen atoms in total. The molecule has 2 aromatic rings. The van der Waals surface area contributed by atoms with E-state index in [9.17, 15) is 18.0 Å². The Bertz CT molecular complexity index is 887. The number of benzene rings is 1. The SMILES string of the molecule is Cn1cccc1[C@@H]1CCC[NH+]1CC(=O)N1CCN(c2cccc(C(F)(F)F)c2)CC1. The lowest BCUT2D eigenvalue weighted by molar-refractivity contribution is -0.911. The van der Waals surface area contributed by atoms with Crippen LogP contribution < -0.4 is 9.80 Å². The Morgan fingerprint density at radius 3 is 2.57 bits per heavy atom. The van der Waals surface area contributed by atoms with Crippen molar-refractivity contribution in [1.29, 1.82) is 0 Å². The predicted molar refractivity (Wildman–Crippen MR) is 108 cm³/mol. The van der Waals surface area contributed by atoms with Crippen molar-refractivity contribution in [3.8, 4) is 0 Å². The molecular weight excluding hydrogens is 393 g/mol. The zero-order chi connectivity index (χ0) is 21.3. The van der Waals surface area contributed by atoms with Crippen LogP contribution in [-0.2, 0) is 18.0 Å². The summed E-state index contributed by atoms with van der Waals surface area (Å²) in [6, 6.07) is 9.94. The molecule has 0 bridgehead atoms. The molecule has 2 aliphatic heterocycles. The van der Waals surface area contributed by atoms with Crippen molar-refractivity contribution in [1.82, 2.24) is 9.47 Å². The van der Waals surface area contributed by atoms with Crippen molar-refractivity contribution in [3.63, 3.8) is 0 Å². The van der Waals surface area contributed by atoms with Gasteiger partial charge in [0, 0.05) is 58.0 Å². The van der Waals surface area contributed by atoms with E-state index in [4.69, 9.17) is 0 Å². The number of nitrogens with zero attached hydrogens (tertiary/aromatic N) is 3. The topological polar surface area (TPSA) is 32.9 Å². The fourth-order valence-electron chi connectivity index (χ4n) is 4.72. The summed E-state index contributed by atoms with van der Waals surface area (Å²) in [5, 5.41) is 0. The molecule has 30 heavy (non-hydrogen) atoms. The Labute approximate surface area is 174 Å². The van der Waals surface area contributed by atoms with Crippen molar-refractivity contribution in [3.05, 3.63) is 53.9 Å². The number of piperazine rings is 1. The standard InChI is InChI=1S/C22H27F3N4O/c1-26-9-3-7-19(26)20-8-4-10-29(20)16-21(30)28-13-11-27(12-14-28)18-6-2-5-17(15-18)22(23,24)25/h2-3,5-7,9,15,20H,4,8,10-14,16H2,1H3/p+1/t20-/m0/s1. The van der Waals surface area contributed by atoms with Crippen LogP contribution in [0.1, 0.15) is 30.1 Å². The normalized spacial score (nSPS) is 22.5. The van der Waals surface area contributed by atoms with Gasteiger partial charge in [-0.15, -0.1) is 0 Å². The highest BCUT2D eigenvalue weighted by atomic mass is 19.4. The van der Waals surface area contributed by atoms with Gasteiger partial charge in [-0.05, 0) is 30.3 Å². The van der Waals surface area contributed by atoms with E-state index in [2.05, 4.69) is 10.6 Å². The van der Waals surface area contributed by atoms with Crippen LogP contribution in [0.3, 0.4) is 0 Å². The lowest BCUT2D eigenvalue weighted by Crippen LogP contribution is -3.11. The zero-order valence-electron chi connectivity index (χ0n) is 17.2. The van der Waals surface area contributed by atoms with Gasteiger partial charge in [0.05, 0.1) is 17.8 Å². The summed E-state index contributed by atoms with van der Waals surface area (Å²) >= 11 is 0. The molecule has 1 unspecified atom stereocenters. The van der Waals surface area contributed by atoms with E-state index in [1.807, 2.05) is 29.1 Å². The number of quaternary nitrogens is 1. The number of likely N-dealkylation sites (tertiary alicyclic amines) is 1. The minimum Gasteiger partial charge on any atom is -0.368 e. The molecule has 1 N–H and O–H groups in total. The van der Waals surface area contributed by atoms with E-state index in [-0.39, 0.29) is 5.91 Å². The van der Waals surface area contributed by atoms with E-state index in [0.29, 0.717) is 44.5 Å². The van der Waals surface area contributed by atoms with Gasteiger partial charge in [0.15, 0.2) is 6.54 Å². The number of anilines is 1. The summed E-state index contributed by atoms with van der Waals surface area (Å²) in [4.78, 5) is 18.0. The number of carbonyl (C=O) groups is 1. The zero-order valence-corrected chi connectivity index (χ0v) is 17.2. The van der Waals surface area contributed by atoms with Gasteiger partial charge in [-0.25, -0.2) is 0 Å². The first-order valence-corrected chi connectivity index (χ1v) is 10.5. The number of amides is 1. The van der Waals surface area contributed by atoms with Gasteiger partial charge >= 0.3 is 6.18 Å². The van der Waals surface area contributed by atoms with E-state index >= 15 is 0 Å². The third kappa shape index (κ3) is 4.33. The summed E-state index contributed by atoms with van der Waals surface area (Å²) in [6.07, 6.45) is -0.104. The van der Waals surface area contributed by atoms with Gasteiger partial charge in [0.1, 0.15) is 6.04 Å². The average molecular weight is 421 g/mol. The summed E-state index contributed by atoms with van der Waals surface area (Å²) in [5.74, 6) is 0.134. The maximum Gasteiger partial charge on any atom is 0.416 e. The minimum atomic E-state index is -4.35. The van der Waals surface area contributed by atoms with Gasteiger partial charge in [-0.2, -0.15) is 13.2 Å². The molecule has 2 atom stereocenters. The first-order valence-electron chi connectivity index (χ1n) is 10.5. The highest BCUT2D eigenvalue weighted by Crippen LogP contribution is 2.31. The van der Waals surface area contributed by atoms with Crippen LogP contribution >= 0.6 is 0 Å². The molecule has 0 radical (unpaired) electrons. The largest absolute Gasteiger partial charge is 0.416 e. The Morgan fingerprint density at radius 2 is 1.90 bits per heavy atom. The van der Waals surface area contributed by atoms with Gasteiger partial charge in [-0.1, -0.05) is 6.07 Å². The van der Waals surface area contributed by atoms with Crippen molar-refractivity contribution in [2.75, 3.05) is 44.2 Å². The average Bonchev–Trinajstić information content (AvgIpc) is 3.36. The molecular formula is C22H28F3N4O+. The number of aromatic nitrogens is 1. The monoisotopic (exact) mass is 421 g/mol. The molecule has 1 aromatic heterocycles. The quantitative estimate of drug-likeness (QED) is 0.821. The fraction of sp³-hybridized carbons (Fsp3) is 0.500. The van der Waals surface area contributed by atoms with E-state index in [1.54, 1.807) is 6.07 Å². The van der Waals surface area contributed by atoms with Crippen LogP contribution in [0, 0.1) is 0 Å². The fourth-order valence-corrected chi connectivity index (χ4v) is 4.72. The Kier molecular flexibility index (Phi) is 5.77. The second-order valence-electron chi connectivity index (χ2n) is 8.24. The summed E-state index contributed by atoms with van der Waals surface area (Å²) in [5.41, 5.74) is 1.19. The molecule has 0 saturated carbocycles. The first kappa shape index (κ1) is 20.8. The molecule has 4 rings (SSSR count). The molecule has 162 valence electrons. The number of rotatable bonds is 4. The molecule has 8 heteroatoms. The van der Waals surface area contributed by atoms with Crippen LogP contribution in [0.25, 0.3) is 0 Å². The smallest absolute Gasteiger partial charge is 0.368 e. The van der Waals surface area contributed by atoms with Crippen molar-refractivity contribution in [2.45, 2.75) is 25.1 Å². The summed E-state index contributed by atoms with van der Waals surface area (Å²) in [6.45, 7) is 3.63. The lowest BCUT2D eigenvalue weighted by Gasteiger charge is -2.36. The molecule has 2 saturated heterocycles. The van der Waals surface area contributed by atoms with E-state index in [0.717, 1.165) is 25.5 Å². The van der Waals surface area contributed by atoms with Crippen LogP contribution in [0.15, 0.2) is 42.6 Å². The van der Waals surface area contributed by atoms with Crippen LogP contribution in [0.5, 0.6) is 0 Å². The number of hydrogen-bond acceptors (Lipinski definition) is 2. The number of aryl methyl sites for hydroxylation is 1. The maximum atomic E-state index is 13.0. The van der Waals surface area contributed by atoms with Gasteiger partial charge in [0.25, 0.3) is 5.91 Å². The summed E-state index contributed by atoms with van der Waals surface area (Å²) in [7, 11) is 2.04.